The maximum Gasteiger partial charge on any atom is 0.234 e. The summed E-state index contributed by atoms with van der Waals surface area (Å²) < 4.78 is 0. The van der Waals surface area contributed by atoms with Crippen LogP contribution in [0, 0.1) is 5.92 Å². The van der Waals surface area contributed by atoms with Crippen LogP contribution in [-0.4, -0.2) is 48.5 Å². The average Bonchev–Trinajstić information content (AvgIpc) is 2.53. The number of likely N-dealkylation sites (N-methyl/N-ethyl adjacent to an activating group) is 1. The van der Waals surface area contributed by atoms with Crippen molar-refractivity contribution in [1.82, 2.24) is 9.88 Å². The molecule has 2 rings (SSSR count). The number of carbonyl (C=O) groups excluding carboxylic acids is 1. The highest BCUT2D eigenvalue weighted by Gasteiger charge is 2.21. The third-order valence-electron chi connectivity index (χ3n) is 4.61. The molecule has 0 bridgehead atoms. The molecular weight excluding hydrogens is 264 g/mol. The highest BCUT2D eigenvalue weighted by molar-refractivity contribution is 5.79. The molecule has 1 aliphatic heterocycles. The Morgan fingerprint density at radius 1 is 1.43 bits per heavy atom. The van der Waals surface area contributed by atoms with Crippen LogP contribution in [0.25, 0.3) is 0 Å². The summed E-state index contributed by atoms with van der Waals surface area (Å²) in [6.07, 6.45) is 7.25. The van der Waals surface area contributed by atoms with E-state index in [0.29, 0.717) is 0 Å². The van der Waals surface area contributed by atoms with Crippen molar-refractivity contribution in [2.75, 3.05) is 31.6 Å². The van der Waals surface area contributed by atoms with Crippen LogP contribution in [0.2, 0.25) is 0 Å². The van der Waals surface area contributed by atoms with Crippen molar-refractivity contribution in [3.8, 4) is 0 Å². The molecular formula is C16H26N4O. The summed E-state index contributed by atoms with van der Waals surface area (Å²) in [6, 6.07) is 3.97. The van der Waals surface area contributed by atoms with Gasteiger partial charge in [-0.05, 0) is 57.8 Å². The summed E-state index contributed by atoms with van der Waals surface area (Å²) in [5.41, 5.74) is 6.60. The number of hydrogen-bond acceptors (Lipinski definition) is 4. The van der Waals surface area contributed by atoms with Crippen molar-refractivity contribution in [3.05, 3.63) is 24.5 Å². The number of rotatable bonds is 6. The van der Waals surface area contributed by atoms with Crippen molar-refractivity contribution in [1.29, 1.82) is 0 Å². The quantitative estimate of drug-likeness (QED) is 0.862. The van der Waals surface area contributed by atoms with Crippen molar-refractivity contribution in [2.24, 2.45) is 11.7 Å². The largest absolute Gasteiger partial charge is 0.371 e. The Balaban J connectivity index is 1.73. The van der Waals surface area contributed by atoms with E-state index in [2.05, 4.69) is 26.9 Å². The van der Waals surface area contributed by atoms with E-state index in [1.807, 2.05) is 26.4 Å². The van der Waals surface area contributed by atoms with Gasteiger partial charge in [-0.15, -0.1) is 0 Å². The standard InChI is InChI=1S/C16H26N4O/c1-13(16(17)21)19(2)10-5-14-6-11-20(12-7-14)15-3-8-18-9-4-15/h3-4,8-9,13-14H,5-7,10-12H2,1-2H3,(H2,17,21)/t13-/m0/s1. The van der Waals surface area contributed by atoms with E-state index < -0.39 is 0 Å². The van der Waals surface area contributed by atoms with E-state index in [4.69, 9.17) is 5.73 Å². The Kier molecular flexibility index (Phi) is 5.56. The summed E-state index contributed by atoms with van der Waals surface area (Å²) in [5, 5.41) is 0. The van der Waals surface area contributed by atoms with Crippen LogP contribution in [0.5, 0.6) is 0 Å². The number of nitrogens with two attached hydrogens (primary N) is 1. The lowest BCUT2D eigenvalue weighted by atomic mass is 9.93. The number of hydrogen-bond donors (Lipinski definition) is 1. The van der Waals surface area contributed by atoms with Crippen LogP contribution < -0.4 is 10.6 Å². The van der Waals surface area contributed by atoms with Gasteiger partial charge in [0.1, 0.15) is 0 Å². The molecule has 1 atom stereocenters. The minimum Gasteiger partial charge on any atom is -0.371 e. The second-order valence-corrected chi connectivity index (χ2v) is 5.98. The molecule has 116 valence electrons. The molecule has 1 saturated heterocycles. The third kappa shape index (κ3) is 4.43. The topological polar surface area (TPSA) is 62.5 Å². The smallest absolute Gasteiger partial charge is 0.234 e. The first-order valence-electron chi connectivity index (χ1n) is 7.72. The number of pyridine rings is 1. The molecule has 5 nitrogen and oxygen atoms in total. The van der Waals surface area contributed by atoms with E-state index in [-0.39, 0.29) is 11.9 Å². The zero-order valence-corrected chi connectivity index (χ0v) is 13.0. The number of piperidine rings is 1. The second-order valence-electron chi connectivity index (χ2n) is 5.98. The van der Waals surface area contributed by atoms with Gasteiger partial charge in [-0.25, -0.2) is 0 Å². The molecule has 1 aromatic rings. The summed E-state index contributed by atoms with van der Waals surface area (Å²) in [4.78, 5) is 19.7. The predicted octanol–water partition coefficient (Wildman–Crippen LogP) is 1.49. The number of amides is 1. The average molecular weight is 290 g/mol. The monoisotopic (exact) mass is 290 g/mol. The Morgan fingerprint density at radius 3 is 2.62 bits per heavy atom. The van der Waals surface area contributed by atoms with Crippen LogP contribution in [-0.2, 0) is 4.79 Å². The van der Waals surface area contributed by atoms with E-state index in [1.165, 1.54) is 18.5 Å². The maximum atomic E-state index is 11.2. The van der Waals surface area contributed by atoms with Crippen molar-refractivity contribution < 1.29 is 4.79 Å². The normalized spacial score (nSPS) is 18.0. The molecule has 1 amide bonds. The Morgan fingerprint density at radius 2 is 2.05 bits per heavy atom. The highest BCUT2D eigenvalue weighted by atomic mass is 16.1. The molecule has 1 fully saturated rings. The predicted molar refractivity (Wildman–Crippen MR) is 85.1 cm³/mol. The van der Waals surface area contributed by atoms with Crippen LogP contribution in [0.15, 0.2) is 24.5 Å². The molecule has 5 heteroatoms. The maximum absolute atomic E-state index is 11.2. The zero-order valence-electron chi connectivity index (χ0n) is 13.0. The van der Waals surface area contributed by atoms with Gasteiger partial charge >= 0.3 is 0 Å². The van der Waals surface area contributed by atoms with Gasteiger partial charge in [-0.2, -0.15) is 0 Å². The zero-order chi connectivity index (χ0) is 15.2. The first-order valence-corrected chi connectivity index (χ1v) is 7.72. The number of aromatic nitrogens is 1. The van der Waals surface area contributed by atoms with E-state index >= 15 is 0 Å². The van der Waals surface area contributed by atoms with Crippen LogP contribution in [0.4, 0.5) is 5.69 Å². The molecule has 0 spiro atoms. The fourth-order valence-corrected chi connectivity index (χ4v) is 2.83. The van der Waals surface area contributed by atoms with E-state index in [9.17, 15) is 4.79 Å². The fourth-order valence-electron chi connectivity index (χ4n) is 2.83. The summed E-state index contributed by atoms with van der Waals surface area (Å²) in [6.45, 7) is 5.01. The molecule has 1 aliphatic rings. The second kappa shape index (κ2) is 7.41. The summed E-state index contributed by atoms with van der Waals surface area (Å²) in [7, 11) is 1.97. The molecule has 1 aromatic heterocycles. The van der Waals surface area contributed by atoms with Crippen LogP contribution in [0.1, 0.15) is 26.2 Å². The fraction of sp³-hybridized carbons (Fsp3) is 0.625. The first kappa shape index (κ1) is 15.8. The first-order chi connectivity index (χ1) is 10.1. The number of nitrogens with zero attached hydrogens (tertiary/aromatic N) is 3. The molecule has 0 saturated carbocycles. The minimum absolute atomic E-state index is 0.179. The van der Waals surface area contributed by atoms with Crippen molar-refractivity contribution in [2.45, 2.75) is 32.2 Å². The van der Waals surface area contributed by atoms with Gasteiger partial charge in [0, 0.05) is 31.2 Å². The summed E-state index contributed by atoms with van der Waals surface area (Å²) >= 11 is 0. The SMILES string of the molecule is C[C@@H](C(N)=O)N(C)CCC1CCN(c2ccncc2)CC1. The van der Waals surface area contributed by atoms with Gasteiger partial charge in [0.15, 0.2) is 0 Å². The number of primary amides is 1. The van der Waals surface area contributed by atoms with E-state index in [0.717, 1.165) is 32.0 Å². The van der Waals surface area contributed by atoms with Gasteiger partial charge in [-0.3, -0.25) is 14.7 Å². The Hall–Kier alpha value is -1.62. The van der Waals surface area contributed by atoms with Gasteiger partial charge in [0.05, 0.1) is 6.04 Å². The lowest BCUT2D eigenvalue weighted by Crippen LogP contribution is -2.41. The number of carbonyl (C=O) groups is 1. The molecule has 2 N–H and O–H groups in total. The van der Waals surface area contributed by atoms with Gasteiger partial charge in [-0.1, -0.05) is 0 Å². The lowest BCUT2D eigenvalue weighted by Gasteiger charge is -2.34. The molecule has 2 heterocycles. The molecule has 21 heavy (non-hydrogen) atoms. The molecule has 0 unspecified atom stereocenters. The Bertz CT molecular complexity index is 443. The Labute approximate surface area is 127 Å². The van der Waals surface area contributed by atoms with Gasteiger partial charge in [0.2, 0.25) is 5.91 Å². The number of anilines is 1. The molecule has 0 aromatic carbocycles. The van der Waals surface area contributed by atoms with Crippen molar-refractivity contribution in [3.63, 3.8) is 0 Å². The lowest BCUT2D eigenvalue weighted by molar-refractivity contribution is -0.122. The van der Waals surface area contributed by atoms with Crippen LogP contribution >= 0.6 is 0 Å². The van der Waals surface area contributed by atoms with Crippen molar-refractivity contribution >= 4 is 11.6 Å². The molecule has 0 aliphatic carbocycles. The minimum atomic E-state index is -0.245. The summed E-state index contributed by atoms with van der Waals surface area (Å²) in [5.74, 6) is 0.496. The highest BCUT2D eigenvalue weighted by Crippen LogP contribution is 2.24. The third-order valence-corrected chi connectivity index (χ3v) is 4.61. The van der Waals surface area contributed by atoms with Crippen LogP contribution in [0.3, 0.4) is 0 Å². The van der Waals surface area contributed by atoms with Gasteiger partial charge in [0.25, 0.3) is 0 Å². The molecule has 0 radical (unpaired) electrons. The van der Waals surface area contributed by atoms with E-state index in [1.54, 1.807) is 0 Å². The van der Waals surface area contributed by atoms with Gasteiger partial charge < -0.3 is 10.6 Å².